The molecule has 1 nitrogen and oxygen atoms in total. The Morgan fingerprint density at radius 1 is 1.18 bits per heavy atom. The molecule has 0 saturated carbocycles. The summed E-state index contributed by atoms with van der Waals surface area (Å²) < 4.78 is 5.62. The summed E-state index contributed by atoms with van der Waals surface area (Å²) in [6, 6.07) is 10.3. The highest BCUT2D eigenvalue weighted by Gasteiger charge is 1.97. The number of alkyl halides is 1. The van der Waals surface area contributed by atoms with Gasteiger partial charge in [-0.15, -0.1) is 6.58 Å². The normalized spacial score (nSPS) is 12.3. The van der Waals surface area contributed by atoms with Gasteiger partial charge in [-0.25, -0.2) is 0 Å². The third-order valence-electron chi connectivity index (χ3n) is 2.64. The molecule has 94 valence electrons. The Morgan fingerprint density at radius 3 is 2.65 bits per heavy atom. The molecule has 0 amide bonds. The largest absolute Gasteiger partial charge is 0.377 e. The molecule has 1 aromatic carbocycles. The highest BCUT2D eigenvalue weighted by atomic mass is 79.9. The third kappa shape index (κ3) is 7.35. The lowest BCUT2D eigenvalue weighted by Gasteiger charge is -2.05. The summed E-state index contributed by atoms with van der Waals surface area (Å²) in [5.41, 5.74) is 1.25. The molecule has 0 aromatic heterocycles. The summed E-state index contributed by atoms with van der Waals surface area (Å²) in [5, 5.41) is 0. The molecule has 0 aliphatic carbocycles. The van der Waals surface area contributed by atoms with E-state index in [1.54, 1.807) is 0 Å². The van der Waals surface area contributed by atoms with Gasteiger partial charge in [0, 0.05) is 11.4 Å². The van der Waals surface area contributed by atoms with Gasteiger partial charge in [0.15, 0.2) is 0 Å². The fourth-order valence-corrected chi connectivity index (χ4v) is 1.93. The Morgan fingerprint density at radius 2 is 1.94 bits per heavy atom. The van der Waals surface area contributed by atoms with E-state index < -0.39 is 0 Å². The van der Waals surface area contributed by atoms with Crippen LogP contribution in [0.5, 0.6) is 0 Å². The van der Waals surface area contributed by atoms with Crippen molar-refractivity contribution in [3.05, 3.63) is 48.6 Å². The van der Waals surface area contributed by atoms with Crippen molar-refractivity contribution in [1.82, 2.24) is 0 Å². The number of hydrogen-bond acceptors (Lipinski definition) is 1. The van der Waals surface area contributed by atoms with Gasteiger partial charge >= 0.3 is 0 Å². The van der Waals surface area contributed by atoms with Gasteiger partial charge in [0.25, 0.3) is 0 Å². The molecule has 0 fully saturated rings. The van der Waals surface area contributed by atoms with Crippen molar-refractivity contribution in [2.45, 2.75) is 37.1 Å². The highest BCUT2D eigenvalue weighted by molar-refractivity contribution is 9.09. The van der Waals surface area contributed by atoms with Crippen LogP contribution in [0.1, 0.15) is 31.2 Å². The molecule has 0 spiro atoms. The van der Waals surface area contributed by atoms with Gasteiger partial charge in [-0.2, -0.15) is 0 Å². The summed E-state index contributed by atoms with van der Waals surface area (Å²) >= 11 is 3.54. The molecule has 1 unspecified atom stereocenters. The summed E-state index contributed by atoms with van der Waals surface area (Å²) in [7, 11) is 0. The molecule has 17 heavy (non-hydrogen) atoms. The monoisotopic (exact) mass is 296 g/mol. The number of benzene rings is 1. The predicted octanol–water partition coefficient (Wildman–Crippen LogP) is 4.71. The van der Waals surface area contributed by atoms with Gasteiger partial charge in [0.1, 0.15) is 0 Å². The molecule has 0 bridgehead atoms. The van der Waals surface area contributed by atoms with E-state index in [0.29, 0.717) is 4.83 Å². The van der Waals surface area contributed by atoms with Crippen molar-refractivity contribution >= 4 is 15.9 Å². The molecular formula is C15H21BrO. The molecule has 0 N–H and O–H groups in total. The lowest BCUT2D eigenvalue weighted by molar-refractivity contribution is 0.117. The molecule has 1 aromatic rings. The lowest BCUT2D eigenvalue weighted by atomic mass is 10.1. The van der Waals surface area contributed by atoms with Crippen molar-refractivity contribution in [2.75, 3.05) is 6.61 Å². The van der Waals surface area contributed by atoms with E-state index in [2.05, 4.69) is 34.6 Å². The maximum atomic E-state index is 5.62. The first-order valence-electron chi connectivity index (χ1n) is 6.21. The van der Waals surface area contributed by atoms with E-state index in [1.165, 1.54) is 24.8 Å². The number of ether oxygens (including phenoxy) is 1. The fourth-order valence-electron chi connectivity index (χ4n) is 1.60. The van der Waals surface area contributed by atoms with Crippen LogP contribution in [0.2, 0.25) is 0 Å². The first-order chi connectivity index (χ1) is 8.33. The smallest absolute Gasteiger partial charge is 0.0716 e. The third-order valence-corrected chi connectivity index (χ3v) is 3.47. The van der Waals surface area contributed by atoms with E-state index in [9.17, 15) is 0 Å². The molecule has 0 aliphatic rings. The number of hydrogen-bond donors (Lipinski definition) is 0. The standard InChI is InChI=1S/C15H21BrO/c1-2-15(16)11-7-4-8-12-17-13-14-9-5-3-6-10-14/h2-3,5-6,9-10,15H,1,4,7-8,11-13H2. The molecular weight excluding hydrogens is 276 g/mol. The maximum Gasteiger partial charge on any atom is 0.0716 e. The van der Waals surface area contributed by atoms with Crippen LogP contribution >= 0.6 is 15.9 Å². The molecule has 1 atom stereocenters. The van der Waals surface area contributed by atoms with Crippen LogP contribution in [0.25, 0.3) is 0 Å². The van der Waals surface area contributed by atoms with Crippen LogP contribution in [0.3, 0.4) is 0 Å². The van der Waals surface area contributed by atoms with Crippen LogP contribution in [-0.2, 0) is 11.3 Å². The second kappa shape index (κ2) is 9.43. The second-order valence-electron chi connectivity index (χ2n) is 4.14. The van der Waals surface area contributed by atoms with Gasteiger partial charge in [0.2, 0.25) is 0 Å². The summed E-state index contributed by atoms with van der Waals surface area (Å²) in [6.07, 6.45) is 6.72. The predicted molar refractivity (Wildman–Crippen MR) is 77.5 cm³/mol. The zero-order valence-corrected chi connectivity index (χ0v) is 11.9. The molecule has 2 heteroatoms. The summed E-state index contributed by atoms with van der Waals surface area (Å²) in [6.45, 7) is 5.34. The minimum atomic E-state index is 0.465. The molecule has 0 aliphatic heterocycles. The average molecular weight is 297 g/mol. The molecule has 0 radical (unpaired) electrons. The van der Waals surface area contributed by atoms with E-state index in [4.69, 9.17) is 4.74 Å². The Labute approximate surface area is 113 Å². The molecule has 0 heterocycles. The average Bonchev–Trinajstić information content (AvgIpc) is 2.38. The summed E-state index contributed by atoms with van der Waals surface area (Å²) in [5.74, 6) is 0. The lowest BCUT2D eigenvalue weighted by Crippen LogP contribution is -1.97. The van der Waals surface area contributed by atoms with Gasteiger partial charge < -0.3 is 4.74 Å². The molecule has 1 rings (SSSR count). The number of allylic oxidation sites excluding steroid dienone is 1. The number of unbranched alkanes of at least 4 members (excludes halogenated alkanes) is 2. The van der Waals surface area contributed by atoms with E-state index in [1.807, 2.05) is 24.3 Å². The van der Waals surface area contributed by atoms with Gasteiger partial charge in [-0.3, -0.25) is 0 Å². The van der Waals surface area contributed by atoms with E-state index in [-0.39, 0.29) is 0 Å². The van der Waals surface area contributed by atoms with Crippen LogP contribution in [0.15, 0.2) is 43.0 Å². The highest BCUT2D eigenvalue weighted by Crippen LogP contribution is 2.11. The zero-order chi connectivity index (χ0) is 12.3. The van der Waals surface area contributed by atoms with Crippen molar-refractivity contribution in [3.63, 3.8) is 0 Å². The Hall–Kier alpha value is -0.600. The van der Waals surface area contributed by atoms with Crippen molar-refractivity contribution in [1.29, 1.82) is 0 Å². The first-order valence-corrected chi connectivity index (χ1v) is 7.13. The van der Waals surface area contributed by atoms with Crippen molar-refractivity contribution in [2.24, 2.45) is 0 Å². The number of rotatable bonds is 9. The van der Waals surface area contributed by atoms with Gasteiger partial charge in [0.05, 0.1) is 6.61 Å². The SMILES string of the molecule is C=CC(Br)CCCCCOCc1ccccc1. The minimum absolute atomic E-state index is 0.465. The van der Waals surface area contributed by atoms with E-state index in [0.717, 1.165) is 19.6 Å². The quantitative estimate of drug-likeness (QED) is 0.364. The second-order valence-corrected chi connectivity index (χ2v) is 5.32. The van der Waals surface area contributed by atoms with Gasteiger partial charge in [-0.1, -0.05) is 65.2 Å². The Balaban J connectivity index is 1.93. The topological polar surface area (TPSA) is 9.23 Å². The van der Waals surface area contributed by atoms with E-state index >= 15 is 0 Å². The summed E-state index contributed by atoms with van der Waals surface area (Å²) in [4.78, 5) is 0.465. The molecule has 0 saturated heterocycles. The minimum Gasteiger partial charge on any atom is -0.377 e. The number of halogens is 1. The van der Waals surface area contributed by atoms with Crippen LogP contribution in [0, 0.1) is 0 Å². The zero-order valence-electron chi connectivity index (χ0n) is 10.3. The maximum absolute atomic E-state index is 5.62. The van der Waals surface area contributed by atoms with Crippen LogP contribution < -0.4 is 0 Å². The van der Waals surface area contributed by atoms with Crippen LogP contribution in [-0.4, -0.2) is 11.4 Å². The first kappa shape index (κ1) is 14.5. The van der Waals surface area contributed by atoms with Gasteiger partial charge in [-0.05, 0) is 18.4 Å². The Bertz CT molecular complexity index is 297. The fraction of sp³-hybridized carbons (Fsp3) is 0.467. The Kier molecular flexibility index (Phi) is 8.02. The van der Waals surface area contributed by atoms with Crippen LogP contribution in [0.4, 0.5) is 0 Å². The van der Waals surface area contributed by atoms with Crippen molar-refractivity contribution < 1.29 is 4.74 Å². The van der Waals surface area contributed by atoms with Crippen molar-refractivity contribution in [3.8, 4) is 0 Å².